The van der Waals surface area contributed by atoms with Gasteiger partial charge in [-0.1, -0.05) is 11.2 Å². The normalized spacial score (nSPS) is 23.2. The molecule has 6 heteroatoms. The molecule has 2 atom stereocenters. The zero-order chi connectivity index (χ0) is 14.5. The molecule has 1 aromatic rings. The van der Waals surface area contributed by atoms with E-state index in [9.17, 15) is 4.39 Å². The van der Waals surface area contributed by atoms with Crippen LogP contribution in [0.5, 0.6) is 0 Å². The van der Waals surface area contributed by atoms with Gasteiger partial charge in [0.1, 0.15) is 5.82 Å². The fourth-order valence-corrected chi connectivity index (χ4v) is 2.43. The average molecular weight is 281 g/mol. The molecule has 1 heterocycles. The van der Waals surface area contributed by atoms with Crippen LogP contribution in [0, 0.1) is 11.7 Å². The Bertz CT molecular complexity index is 493. The Morgan fingerprint density at radius 2 is 2.40 bits per heavy atom. The maximum Gasteiger partial charge on any atom is 0.170 e. The average Bonchev–Trinajstić information content (AvgIpc) is 2.85. The molecule has 0 aliphatic carbocycles. The third-order valence-electron chi connectivity index (χ3n) is 3.71. The quantitative estimate of drug-likeness (QED) is 0.330. The fraction of sp³-hybridized carbons (Fsp3) is 0.500. The topological polar surface area (TPSA) is 79.9 Å². The van der Waals surface area contributed by atoms with Crippen molar-refractivity contribution in [1.29, 1.82) is 0 Å². The Labute approximate surface area is 117 Å². The number of rotatable bonds is 5. The summed E-state index contributed by atoms with van der Waals surface area (Å²) in [6, 6.07) is 4.28. The standard InChI is InChI=1S/C14H20FN3O2/c1-9-10(4-5-20-9)7-17-8-11-2-3-12(15)6-13(11)14(16)18-19/h2-3,6,9-10,17,19H,4-5,7-8H2,1H3,(H2,16,18). The van der Waals surface area contributed by atoms with E-state index in [4.69, 9.17) is 15.7 Å². The van der Waals surface area contributed by atoms with Crippen LogP contribution in [-0.2, 0) is 11.3 Å². The van der Waals surface area contributed by atoms with Crippen LogP contribution >= 0.6 is 0 Å². The van der Waals surface area contributed by atoms with Crippen molar-refractivity contribution in [2.45, 2.75) is 26.0 Å². The van der Waals surface area contributed by atoms with E-state index in [0.717, 1.165) is 25.1 Å². The number of halogens is 1. The van der Waals surface area contributed by atoms with Crippen molar-refractivity contribution in [1.82, 2.24) is 5.32 Å². The Hall–Kier alpha value is -1.66. The second-order valence-corrected chi connectivity index (χ2v) is 5.04. The first-order valence-electron chi connectivity index (χ1n) is 6.70. The number of benzene rings is 1. The zero-order valence-electron chi connectivity index (χ0n) is 11.5. The van der Waals surface area contributed by atoms with Crippen LogP contribution in [0.4, 0.5) is 4.39 Å². The number of nitrogens with two attached hydrogens (primary N) is 1. The lowest BCUT2D eigenvalue weighted by molar-refractivity contribution is 0.105. The number of hydrogen-bond donors (Lipinski definition) is 3. The maximum atomic E-state index is 13.2. The molecule has 110 valence electrons. The van der Waals surface area contributed by atoms with Gasteiger partial charge in [0, 0.05) is 25.3 Å². The smallest absolute Gasteiger partial charge is 0.170 e. The lowest BCUT2D eigenvalue weighted by Crippen LogP contribution is -2.27. The minimum atomic E-state index is -0.409. The van der Waals surface area contributed by atoms with Gasteiger partial charge < -0.3 is 21.0 Å². The first-order chi connectivity index (χ1) is 9.61. The van der Waals surface area contributed by atoms with Crippen LogP contribution in [0.1, 0.15) is 24.5 Å². The first kappa shape index (κ1) is 14.7. The highest BCUT2D eigenvalue weighted by atomic mass is 19.1. The van der Waals surface area contributed by atoms with Gasteiger partial charge in [0.15, 0.2) is 5.84 Å². The van der Waals surface area contributed by atoms with E-state index in [1.54, 1.807) is 6.07 Å². The molecule has 0 bridgehead atoms. The minimum Gasteiger partial charge on any atom is -0.409 e. The predicted molar refractivity (Wildman–Crippen MR) is 74.1 cm³/mol. The summed E-state index contributed by atoms with van der Waals surface area (Å²) < 4.78 is 18.7. The summed E-state index contributed by atoms with van der Waals surface area (Å²) in [5.74, 6) is -0.00483. The van der Waals surface area contributed by atoms with Crippen molar-refractivity contribution in [3.05, 3.63) is 35.1 Å². The Balaban J connectivity index is 1.98. The molecule has 0 amide bonds. The number of nitrogens with zero attached hydrogens (tertiary/aromatic N) is 1. The molecule has 20 heavy (non-hydrogen) atoms. The third-order valence-corrected chi connectivity index (χ3v) is 3.71. The Kier molecular flexibility index (Phi) is 4.92. The lowest BCUT2D eigenvalue weighted by Gasteiger charge is -2.15. The summed E-state index contributed by atoms with van der Waals surface area (Å²) in [6.07, 6.45) is 1.31. The van der Waals surface area contributed by atoms with Gasteiger partial charge in [-0.3, -0.25) is 0 Å². The van der Waals surface area contributed by atoms with Crippen LogP contribution in [0.3, 0.4) is 0 Å². The van der Waals surface area contributed by atoms with E-state index in [0.29, 0.717) is 18.0 Å². The van der Waals surface area contributed by atoms with Crippen LogP contribution in [-0.4, -0.2) is 30.3 Å². The molecular formula is C14H20FN3O2. The highest BCUT2D eigenvalue weighted by Crippen LogP contribution is 2.19. The first-order valence-corrected chi connectivity index (χ1v) is 6.70. The molecule has 1 aliphatic rings. The largest absolute Gasteiger partial charge is 0.409 e. The van der Waals surface area contributed by atoms with Crippen molar-refractivity contribution in [3.8, 4) is 0 Å². The van der Waals surface area contributed by atoms with Gasteiger partial charge >= 0.3 is 0 Å². The summed E-state index contributed by atoms with van der Waals surface area (Å²) in [5.41, 5.74) is 6.78. The highest BCUT2D eigenvalue weighted by molar-refractivity contribution is 5.98. The summed E-state index contributed by atoms with van der Waals surface area (Å²) >= 11 is 0. The van der Waals surface area contributed by atoms with E-state index in [1.165, 1.54) is 12.1 Å². The number of hydrogen-bond acceptors (Lipinski definition) is 4. The van der Waals surface area contributed by atoms with Gasteiger partial charge in [-0.05, 0) is 37.0 Å². The van der Waals surface area contributed by atoms with E-state index < -0.39 is 5.82 Å². The van der Waals surface area contributed by atoms with Gasteiger partial charge in [0.25, 0.3) is 0 Å². The van der Waals surface area contributed by atoms with Gasteiger partial charge in [-0.2, -0.15) is 0 Å². The van der Waals surface area contributed by atoms with Gasteiger partial charge in [-0.25, -0.2) is 4.39 Å². The predicted octanol–water partition coefficient (Wildman–Crippen LogP) is 1.43. The maximum absolute atomic E-state index is 13.2. The van der Waals surface area contributed by atoms with Crippen LogP contribution in [0.15, 0.2) is 23.4 Å². The summed E-state index contributed by atoms with van der Waals surface area (Å²) in [4.78, 5) is 0. The highest BCUT2D eigenvalue weighted by Gasteiger charge is 2.23. The number of ether oxygens (including phenoxy) is 1. The zero-order valence-corrected chi connectivity index (χ0v) is 11.5. The molecule has 0 saturated carbocycles. The van der Waals surface area contributed by atoms with Gasteiger partial charge in [0.05, 0.1) is 6.10 Å². The second kappa shape index (κ2) is 6.67. The Morgan fingerprint density at radius 1 is 1.60 bits per heavy atom. The van der Waals surface area contributed by atoms with Crippen LogP contribution in [0.25, 0.3) is 0 Å². The van der Waals surface area contributed by atoms with Gasteiger partial charge in [0.2, 0.25) is 0 Å². The molecule has 1 saturated heterocycles. The molecule has 0 aromatic heterocycles. The molecule has 1 aliphatic heterocycles. The van der Waals surface area contributed by atoms with Crippen molar-refractivity contribution in [3.63, 3.8) is 0 Å². The molecule has 4 N–H and O–H groups in total. The molecule has 2 unspecified atom stereocenters. The number of oxime groups is 1. The van der Waals surface area contributed by atoms with Crippen LogP contribution in [0.2, 0.25) is 0 Å². The van der Waals surface area contributed by atoms with Crippen molar-refractivity contribution < 1.29 is 14.3 Å². The minimum absolute atomic E-state index is 0.0844. The molecule has 0 radical (unpaired) electrons. The van der Waals surface area contributed by atoms with E-state index >= 15 is 0 Å². The molecule has 0 spiro atoms. The third kappa shape index (κ3) is 3.46. The molecule has 5 nitrogen and oxygen atoms in total. The second-order valence-electron chi connectivity index (χ2n) is 5.04. The monoisotopic (exact) mass is 281 g/mol. The number of amidine groups is 1. The SMILES string of the molecule is CC1OCCC1CNCc1ccc(F)cc1/C(N)=N/O. The Morgan fingerprint density at radius 3 is 3.05 bits per heavy atom. The van der Waals surface area contributed by atoms with E-state index in [-0.39, 0.29) is 11.9 Å². The van der Waals surface area contributed by atoms with Crippen molar-refractivity contribution >= 4 is 5.84 Å². The summed E-state index contributed by atoms with van der Waals surface area (Å²) in [6.45, 7) is 4.24. The molecule has 1 aromatic carbocycles. The van der Waals surface area contributed by atoms with Gasteiger partial charge in [-0.15, -0.1) is 0 Å². The van der Waals surface area contributed by atoms with Crippen molar-refractivity contribution in [2.24, 2.45) is 16.8 Å². The van der Waals surface area contributed by atoms with E-state index in [2.05, 4.69) is 17.4 Å². The van der Waals surface area contributed by atoms with Crippen molar-refractivity contribution in [2.75, 3.05) is 13.2 Å². The summed E-state index contributed by atoms with van der Waals surface area (Å²) in [7, 11) is 0. The molecule has 1 fully saturated rings. The summed E-state index contributed by atoms with van der Waals surface area (Å²) in [5, 5.41) is 15.0. The molecular weight excluding hydrogens is 261 g/mol. The molecule has 2 rings (SSSR count). The number of nitrogens with one attached hydrogen (secondary N) is 1. The lowest BCUT2D eigenvalue weighted by atomic mass is 10.0. The van der Waals surface area contributed by atoms with Crippen LogP contribution < -0.4 is 11.1 Å². The fourth-order valence-electron chi connectivity index (χ4n) is 2.43. The van der Waals surface area contributed by atoms with E-state index in [1.807, 2.05) is 0 Å².